The minimum absolute atomic E-state index is 0.0261. The molecule has 2 aromatic rings. The van der Waals surface area contributed by atoms with Gasteiger partial charge in [0.25, 0.3) is 5.69 Å². The summed E-state index contributed by atoms with van der Waals surface area (Å²) in [5.41, 5.74) is 2.38. The van der Waals surface area contributed by atoms with Crippen LogP contribution in [0.2, 0.25) is 5.02 Å². The van der Waals surface area contributed by atoms with E-state index in [1.807, 2.05) is 19.1 Å². The van der Waals surface area contributed by atoms with E-state index in [4.69, 9.17) is 11.6 Å². The summed E-state index contributed by atoms with van der Waals surface area (Å²) in [4.78, 5) is 10.3. The molecule has 0 radical (unpaired) electrons. The Morgan fingerprint density at radius 3 is 2.48 bits per heavy atom. The Balaban J connectivity index is 2.25. The summed E-state index contributed by atoms with van der Waals surface area (Å²) in [5, 5.41) is 23.5. The van der Waals surface area contributed by atoms with Crippen LogP contribution >= 0.6 is 11.6 Å². The number of nitrogens with zero attached hydrogens (tertiary/aromatic N) is 1. The third-order valence-electron chi connectivity index (χ3n) is 3.26. The molecular formula is C15H15ClN2O3. The smallest absolute Gasteiger partial charge is 0.288 e. The molecule has 0 aliphatic heterocycles. The van der Waals surface area contributed by atoms with Crippen molar-refractivity contribution in [1.29, 1.82) is 0 Å². The van der Waals surface area contributed by atoms with Gasteiger partial charge in [0.1, 0.15) is 10.8 Å². The predicted molar refractivity (Wildman–Crippen MR) is 83.0 cm³/mol. The van der Waals surface area contributed by atoms with Gasteiger partial charge < -0.3 is 10.4 Å². The zero-order valence-corrected chi connectivity index (χ0v) is 12.4. The number of phenols is 1. The Morgan fingerprint density at radius 1 is 1.29 bits per heavy atom. The van der Waals surface area contributed by atoms with E-state index < -0.39 is 4.92 Å². The van der Waals surface area contributed by atoms with E-state index in [-0.39, 0.29) is 22.5 Å². The van der Waals surface area contributed by atoms with Gasteiger partial charge in [-0.1, -0.05) is 23.7 Å². The van der Waals surface area contributed by atoms with Crippen LogP contribution in [-0.2, 0) is 0 Å². The fourth-order valence-electron chi connectivity index (χ4n) is 2.04. The molecule has 0 fully saturated rings. The first-order chi connectivity index (χ1) is 9.88. The lowest BCUT2D eigenvalue weighted by Crippen LogP contribution is -2.08. The fraction of sp³-hybridized carbons (Fsp3) is 0.200. The lowest BCUT2D eigenvalue weighted by Gasteiger charge is -2.18. The number of hydrogen-bond donors (Lipinski definition) is 2. The van der Waals surface area contributed by atoms with Crippen LogP contribution in [0, 0.1) is 17.0 Å². The Morgan fingerprint density at radius 2 is 1.90 bits per heavy atom. The highest BCUT2D eigenvalue weighted by molar-refractivity contribution is 6.33. The summed E-state index contributed by atoms with van der Waals surface area (Å²) in [6.07, 6.45) is 0. The third-order valence-corrected chi connectivity index (χ3v) is 3.56. The molecule has 0 aliphatic carbocycles. The van der Waals surface area contributed by atoms with Gasteiger partial charge in [0.05, 0.1) is 4.92 Å². The topological polar surface area (TPSA) is 75.4 Å². The zero-order valence-electron chi connectivity index (χ0n) is 11.6. The van der Waals surface area contributed by atoms with E-state index in [1.165, 1.54) is 6.07 Å². The molecule has 2 aromatic carbocycles. The average Bonchev–Trinajstić information content (AvgIpc) is 2.42. The second-order valence-electron chi connectivity index (χ2n) is 4.83. The maximum absolute atomic E-state index is 10.8. The molecule has 110 valence electrons. The van der Waals surface area contributed by atoms with Crippen LogP contribution in [0.1, 0.15) is 24.1 Å². The molecule has 0 spiro atoms. The Kier molecular flexibility index (Phi) is 4.33. The molecule has 6 heteroatoms. The van der Waals surface area contributed by atoms with Crippen LogP contribution in [0.3, 0.4) is 0 Å². The number of aryl methyl sites for hydroxylation is 1. The van der Waals surface area contributed by atoms with Crippen LogP contribution in [0.15, 0.2) is 36.4 Å². The lowest BCUT2D eigenvalue weighted by atomic mass is 10.1. The number of aromatic hydroxyl groups is 1. The first-order valence-corrected chi connectivity index (χ1v) is 6.76. The van der Waals surface area contributed by atoms with Crippen molar-refractivity contribution in [3.63, 3.8) is 0 Å². The quantitative estimate of drug-likeness (QED) is 0.647. The van der Waals surface area contributed by atoms with Gasteiger partial charge >= 0.3 is 0 Å². The van der Waals surface area contributed by atoms with Crippen LogP contribution < -0.4 is 5.32 Å². The van der Waals surface area contributed by atoms with Crippen molar-refractivity contribution in [2.45, 2.75) is 19.9 Å². The molecular weight excluding hydrogens is 292 g/mol. The number of phenolic OH excluding ortho intramolecular Hbond substituents is 1. The minimum atomic E-state index is -0.498. The maximum Gasteiger partial charge on any atom is 0.288 e. The number of nitro groups is 1. The number of nitrogens with one attached hydrogen (secondary N) is 1. The SMILES string of the molecule is Cc1cc([N+](=O)[O-])c(Cl)cc1NC(C)c1ccc(O)cc1. The largest absolute Gasteiger partial charge is 0.508 e. The zero-order chi connectivity index (χ0) is 15.6. The van der Waals surface area contributed by atoms with Gasteiger partial charge in [0, 0.05) is 17.8 Å². The van der Waals surface area contributed by atoms with Crippen molar-refractivity contribution in [3.05, 3.63) is 62.7 Å². The normalized spacial score (nSPS) is 12.0. The summed E-state index contributed by atoms with van der Waals surface area (Å²) in [6.45, 7) is 3.75. The predicted octanol–water partition coefficient (Wildman–Crippen LogP) is 4.44. The molecule has 0 amide bonds. The summed E-state index contributed by atoms with van der Waals surface area (Å²) >= 11 is 5.93. The number of hydrogen-bond acceptors (Lipinski definition) is 4. The highest BCUT2D eigenvalue weighted by Crippen LogP contribution is 2.32. The maximum atomic E-state index is 10.8. The fourth-order valence-corrected chi connectivity index (χ4v) is 2.27. The second-order valence-corrected chi connectivity index (χ2v) is 5.24. The monoisotopic (exact) mass is 306 g/mol. The molecule has 2 rings (SSSR count). The molecule has 21 heavy (non-hydrogen) atoms. The van der Waals surface area contributed by atoms with Crippen LogP contribution in [0.25, 0.3) is 0 Å². The van der Waals surface area contributed by atoms with Crippen LogP contribution in [0.4, 0.5) is 11.4 Å². The van der Waals surface area contributed by atoms with Crippen molar-refractivity contribution < 1.29 is 10.0 Å². The summed E-state index contributed by atoms with van der Waals surface area (Å²) in [7, 11) is 0. The number of nitro benzene ring substituents is 1. The van der Waals surface area contributed by atoms with Gasteiger partial charge in [0.2, 0.25) is 0 Å². The summed E-state index contributed by atoms with van der Waals surface area (Å²) in [6, 6.07) is 9.85. The van der Waals surface area contributed by atoms with E-state index in [1.54, 1.807) is 25.1 Å². The summed E-state index contributed by atoms with van der Waals surface area (Å²) < 4.78 is 0. The second kappa shape index (κ2) is 6.01. The Labute approximate surface area is 127 Å². The van der Waals surface area contributed by atoms with Crippen molar-refractivity contribution in [3.8, 4) is 5.75 Å². The summed E-state index contributed by atoms with van der Waals surface area (Å²) in [5.74, 6) is 0.209. The first-order valence-electron chi connectivity index (χ1n) is 6.38. The van der Waals surface area contributed by atoms with Gasteiger partial charge in [-0.05, 0) is 43.2 Å². The number of benzene rings is 2. The minimum Gasteiger partial charge on any atom is -0.508 e. The van der Waals surface area contributed by atoms with E-state index in [0.29, 0.717) is 0 Å². The molecule has 0 saturated carbocycles. The standard InChI is InChI=1S/C15H15ClN2O3/c1-9-7-15(18(20)21)13(16)8-14(9)17-10(2)11-3-5-12(19)6-4-11/h3-8,10,17,19H,1-2H3. The Bertz CT molecular complexity index is 671. The first kappa shape index (κ1) is 15.1. The molecule has 2 N–H and O–H groups in total. The van der Waals surface area contributed by atoms with E-state index in [9.17, 15) is 15.2 Å². The van der Waals surface area contributed by atoms with Gasteiger partial charge in [-0.25, -0.2) is 0 Å². The molecule has 1 atom stereocenters. The van der Waals surface area contributed by atoms with Gasteiger partial charge in [-0.15, -0.1) is 0 Å². The van der Waals surface area contributed by atoms with E-state index in [2.05, 4.69) is 5.32 Å². The highest BCUT2D eigenvalue weighted by atomic mass is 35.5. The Hall–Kier alpha value is -2.27. The number of anilines is 1. The van der Waals surface area contributed by atoms with Gasteiger partial charge in [-0.3, -0.25) is 10.1 Å². The third kappa shape index (κ3) is 3.44. The molecule has 1 unspecified atom stereocenters. The van der Waals surface area contributed by atoms with Crippen LogP contribution in [-0.4, -0.2) is 10.0 Å². The van der Waals surface area contributed by atoms with Crippen molar-refractivity contribution >= 4 is 23.0 Å². The van der Waals surface area contributed by atoms with Crippen molar-refractivity contribution in [1.82, 2.24) is 0 Å². The average molecular weight is 307 g/mol. The molecule has 0 bridgehead atoms. The van der Waals surface area contributed by atoms with Gasteiger partial charge in [-0.2, -0.15) is 0 Å². The van der Waals surface area contributed by atoms with Crippen molar-refractivity contribution in [2.24, 2.45) is 0 Å². The molecule has 0 heterocycles. The van der Waals surface area contributed by atoms with E-state index >= 15 is 0 Å². The number of rotatable bonds is 4. The molecule has 5 nitrogen and oxygen atoms in total. The van der Waals surface area contributed by atoms with Crippen molar-refractivity contribution in [2.75, 3.05) is 5.32 Å². The van der Waals surface area contributed by atoms with E-state index in [0.717, 1.165) is 16.8 Å². The molecule has 0 aromatic heterocycles. The van der Waals surface area contributed by atoms with Gasteiger partial charge in [0.15, 0.2) is 0 Å². The highest BCUT2D eigenvalue weighted by Gasteiger charge is 2.16. The number of halogens is 1. The van der Waals surface area contributed by atoms with Crippen LogP contribution in [0.5, 0.6) is 5.75 Å². The lowest BCUT2D eigenvalue weighted by molar-refractivity contribution is -0.384. The molecule has 0 aliphatic rings. The molecule has 0 saturated heterocycles.